The second-order valence-electron chi connectivity index (χ2n) is 6.79. The molecule has 0 aromatic heterocycles. The standard InChI is InChI=1S/C19H21BrO6/c1-24-16(21)14-15(19(18(23)25-2)8-4-3-5-9-19)12-10-11(20)6-7-13(12)26-17(14)22/h6-7,10,14-15H,3-5,8-9H2,1-2H3. The molecule has 0 amide bonds. The zero-order chi connectivity index (χ0) is 18.9. The molecule has 1 aliphatic heterocycles. The predicted octanol–water partition coefficient (Wildman–Crippen LogP) is 3.36. The maximum Gasteiger partial charge on any atom is 0.326 e. The van der Waals surface area contributed by atoms with Gasteiger partial charge >= 0.3 is 17.9 Å². The van der Waals surface area contributed by atoms with Crippen molar-refractivity contribution in [3.05, 3.63) is 28.2 Å². The van der Waals surface area contributed by atoms with E-state index in [1.54, 1.807) is 12.1 Å². The molecule has 2 atom stereocenters. The Hall–Kier alpha value is -1.89. The van der Waals surface area contributed by atoms with Gasteiger partial charge in [-0.25, -0.2) is 0 Å². The number of rotatable bonds is 3. The molecule has 6 nitrogen and oxygen atoms in total. The molecular formula is C19H21BrO6. The van der Waals surface area contributed by atoms with E-state index in [0.717, 1.165) is 23.7 Å². The first-order valence-corrected chi connectivity index (χ1v) is 9.41. The summed E-state index contributed by atoms with van der Waals surface area (Å²) in [6.45, 7) is 0. The third kappa shape index (κ3) is 3.02. The lowest BCUT2D eigenvalue weighted by Gasteiger charge is -2.45. The molecule has 26 heavy (non-hydrogen) atoms. The summed E-state index contributed by atoms with van der Waals surface area (Å²) >= 11 is 3.43. The van der Waals surface area contributed by atoms with E-state index >= 15 is 0 Å². The fourth-order valence-corrected chi connectivity index (χ4v) is 4.73. The third-order valence-corrected chi connectivity index (χ3v) is 5.99. The third-order valence-electron chi connectivity index (χ3n) is 5.49. The van der Waals surface area contributed by atoms with Gasteiger partial charge < -0.3 is 14.2 Å². The van der Waals surface area contributed by atoms with Crippen molar-refractivity contribution >= 4 is 33.8 Å². The number of hydrogen-bond donors (Lipinski definition) is 0. The lowest BCUT2D eigenvalue weighted by Crippen LogP contribution is -2.50. The summed E-state index contributed by atoms with van der Waals surface area (Å²) in [5, 5.41) is 0. The smallest absolute Gasteiger partial charge is 0.326 e. The summed E-state index contributed by atoms with van der Waals surface area (Å²) in [4.78, 5) is 38.1. The van der Waals surface area contributed by atoms with E-state index in [4.69, 9.17) is 14.2 Å². The molecule has 1 saturated carbocycles. The van der Waals surface area contributed by atoms with Crippen LogP contribution in [0.4, 0.5) is 0 Å². The molecule has 0 bridgehead atoms. The Balaban J connectivity index is 2.23. The van der Waals surface area contributed by atoms with Gasteiger partial charge in [0, 0.05) is 16.0 Å². The highest BCUT2D eigenvalue weighted by molar-refractivity contribution is 9.10. The van der Waals surface area contributed by atoms with Gasteiger partial charge in [0.15, 0.2) is 5.92 Å². The number of benzene rings is 1. The molecule has 1 fully saturated rings. The van der Waals surface area contributed by atoms with E-state index in [-0.39, 0.29) is 0 Å². The van der Waals surface area contributed by atoms with Crippen LogP contribution in [0, 0.1) is 11.3 Å². The average Bonchev–Trinajstić information content (AvgIpc) is 2.66. The highest BCUT2D eigenvalue weighted by Crippen LogP contribution is 2.55. The minimum Gasteiger partial charge on any atom is -0.469 e. The van der Waals surface area contributed by atoms with Crippen LogP contribution in [-0.2, 0) is 23.9 Å². The summed E-state index contributed by atoms with van der Waals surface area (Å²) in [6, 6.07) is 5.24. The molecule has 0 N–H and O–H groups in total. The summed E-state index contributed by atoms with van der Waals surface area (Å²) in [7, 11) is 2.57. The second-order valence-corrected chi connectivity index (χ2v) is 7.71. The Morgan fingerprint density at radius 1 is 1.15 bits per heavy atom. The summed E-state index contributed by atoms with van der Waals surface area (Å²) < 4.78 is 16.2. The van der Waals surface area contributed by atoms with Crippen LogP contribution in [-0.4, -0.2) is 32.1 Å². The largest absolute Gasteiger partial charge is 0.469 e. The maximum atomic E-state index is 12.9. The monoisotopic (exact) mass is 424 g/mol. The van der Waals surface area contributed by atoms with Crippen LogP contribution in [0.25, 0.3) is 0 Å². The summed E-state index contributed by atoms with van der Waals surface area (Å²) in [6.07, 6.45) is 3.77. The molecule has 7 heteroatoms. The number of carbonyl (C=O) groups excluding carboxylic acids is 3. The zero-order valence-electron chi connectivity index (χ0n) is 14.7. The average molecular weight is 425 g/mol. The van der Waals surface area contributed by atoms with Crippen LogP contribution >= 0.6 is 15.9 Å². The van der Waals surface area contributed by atoms with E-state index in [1.807, 2.05) is 6.07 Å². The van der Waals surface area contributed by atoms with Gasteiger partial charge in [-0.05, 0) is 31.0 Å². The number of esters is 3. The van der Waals surface area contributed by atoms with Gasteiger partial charge in [-0.2, -0.15) is 0 Å². The predicted molar refractivity (Wildman–Crippen MR) is 95.6 cm³/mol. The highest BCUT2D eigenvalue weighted by Gasteiger charge is 2.58. The molecule has 1 aromatic carbocycles. The Morgan fingerprint density at radius 2 is 1.85 bits per heavy atom. The van der Waals surface area contributed by atoms with Crippen molar-refractivity contribution in [3.63, 3.8) is 0 Å². The number of halogens is 1. The summed E-state index contributed by atoms with van der Waals surface area (Å²) in [5.41, 5.74) is -0.303. The highest BCUT2D eigenvalue weighted by atomic mass is 79.9. The molecule has 0 radical (unpaired) electrons. The molecule has 1 aromatic rings. The Kier molecular flexibility index (Phi) is 5.37. The van der Waals surface area contributed by atoms with Gasteiger partial charge in [0.1, 0.15) is 5.75 Å². The van der Waals surface area contributed by atoms with Crippen LogP contribution in [0.1, 0.15) is 43.6 Å². The SMILES string of the molecule is COC(=O)C1C(=O)Oc2ccc(Br)cc2C1C1(C(=O)OC)CCCCC1. The van der Waals surface area contributed by atoms with E-state index in [9.17, 15) is 14.4 Å². The van der Waals surface area contributed by atoms with E-state index in [1.165, 1.54) is 14.2 Å². The first-order valence-electron chi connectivity index (χ1n) is 8.62. The van der Waals surface area contributed by atoms with Gasteiger partial charge in [0.2, 0.25) is 0 Å². The lowest BCUT2D eigenvalue weighted by atomic mass is 9.59. The van der Waals surface area contributed by atoms with Crippen LogP contribution in [0.2, 0.25) is 0 Å². The Bertz CT molecular complexity index is 738. The van der Waals surface area contributed by atoms with Crippen LogP contribution < -0.4 is 4.74 Å². The first kappa shape index (κ1) is 18.9. The zero-order valence-corrected chi connectivity index (χ0v) is 16.3. The topological polar surface area (TPSA) is 78.9 Å². The van der Waals surface area contributed by atoms with Gasteiger partial charge in [-0.15, -0.1) is 0 Å². The van der Waals surface area contributed by atoms with Crippen LogP contribution in [0.3, 0.4) is 0 Å². The minimum absolute atomic E-state index is 0.372. The molecule has 1 aliphatic carbocycles. The van der Waals surface area contributed by atoms with Crippen molar-refractivity contribution in [2.24, 2.45) is 11.3 Å². The first-order chi connectivity index (χ1) is 12.4. The van der Waals surface area contributed by atoms with Gasteiger partial charge in [0.25, 0.3) is 0 Å². The number of carbonyl (C=O) groups is 3. The van der Waals surface area contributed by atoms with Crippen molar-refractivity contribution < 1.29 is 28.6 Å². The van der Waals surface area contributed by atoms with Crippen molar-refractivity contribution in [1.82, 2.24) is 0 Å². The second kappa shape index (κ2) is 7.39. The molecule has 3 rings (SSSR count). The van der Waals surface area contributed by atoms with Crippen molar-refractivity contribution in [1.29, 1.82) is 0 Å². The number of hydrogen-bond acceptors (Lipinski definition) is 6. The fourth-order valence-electron chi connectivity index (χ4n) is 4.35. The fraction of sp³-hybridized carbons (Fsp3) is 0.526. The number of methoxy groups -OCH3 is 2. The van der Waals surface area contributed by atoms with E-state index in [2.05, 4.69) is 15.9 Å². The molecule has 0 spiro atoms. The molecular weight excluding hydrogens is 404 g/mol. The lowest BCUT2D eigenvalue weighted by molar-refractivity contribution is -0.167. The van der Waals surface area contributed by atoms with Gasteiger partial charge in [-0.1, -0.05) is 35.2 Å². The molecule has 0 saturated heterocycles. The number of fused-ring (bicyclic) bond motifs is 1. The van der Waals surface area contributed by atoms with Gasteiger partial charge in [-0.3, -0.25) is 14.4 Å². The van der Waals surface area contributed by atoms with E-state index in [0.29, 0.717) is 24.2 Å². The maximum absolute atomic E-state index is 12.9. The van der Waals surface area contributed by atoms with Crippen LogP contribution in [0.15, 0.2) is 22.7 Å². The van der Waals surface area contributed by atoms with E-state index < -0.39 is 35.2 Å². The molecule has 140 valence electrons. The summed E-state index contributed by atoms with van der Waals surface area (Å²) in [5.74, 6) is -3.28. The van der Waals surface area contributed by atoms with Gasteiger partial charge in [0.05, 0.1) is 19.6 Å². The normalized spacial score (nSPS) is 24.2. The van der Waals surface area contributed by atoms with Crippen molar-refractivity contribution in [2.75, 3.05) is 14.2 Å². The quantitative estimate of drug-likeness (QED) is 0.420. The molecule has 2 aliphatic rings. The Labute approximate surface area is 160 Å². The minimum atomic E-state index is -1.20. The van der Waals surface area contributed by atoms with Crippen molar-refractivity contribution in [3.8, 4) is 5.75 Å². The molecule has 2 unspecified atom stereocenters. The van der Waals surface area contributed by atoms with Crippen molar-refractivity contribution in [2.45, 2.75) is 38.0 Å². The number of ether oxygens (including phenoxy) is 3. The van der Waals surface area contributed by atoms with Crippen LogP contribution in [0.5, 0.6) is 5.75 Å². The Morgan fingerprint density at radius 3 is 2.46 bits per heavy atom. The molecule has 1 heterocycles.